The summed E-state index contributed by atoms with van der Waals surface area (Å²) in [6.45, 7) is 2.09. The van der Waals surface area contributed by atoms with Crippen LogP contribution in [0.5, 0.6) is 0 Å². The number of Topliss-reactive ketones (excluding diaryl/α,β-unsaturated/α-hetero) is 1. The first-order chi connectivity index (χ1) is 8.62. The summed E-state index contributed by atoms with van der Waals surface area (Å²) in [5.41, 5.74) is 1.28. The molecule has 0 N–H and O–H groups in total. The van der Waals surface area contributed by atoms with Crippen LogP contribution >= 0.6 is 23.4 Å². The maximum absolute atomic E-state index is 11.6. The van der Waals surface area contributed by atoms with Crippen LogP contribution in [0.4, 0.5) is 0 Å². The van der Waals surface area contributed by atoms with Crippen molar-refractivity contribution in [1.82, 2.24) is 0 Å². The molecule has 3 nitrogen and oxygen atoms in total. The first-order valence-corrected chi connectivity index (χ1v) is 7.30. The van der Waals surface area contributed by atoms with Crippen LogP contribution in [0.3, 0.4) is 0 Å². The lowest BCUT2D eigenvalue weighted by Gasteiger charge is -2.08. The minimum absolute atomic E-state index is 0.0164. The Labute approximate surface area is 116 Å². The highest BCUT2D eigenvalue weighted by molar-refractivity contribution is 7.98. The van der Waals surface area contributed by atoms with Gasteiger partial charge in [-0.15, -0.1) is 23.4 Å². The maximum atomic E-state index is 11.6. The maximum Gasteiger partial charge on any atom is 0.338 e. The van der Waals surface area contributed by atoms with Crippen molar-refractivity contribution in [3.05, 3.63) is 29.3 Å². The molecule has 0 aliphatic rings. The fraction of sp³-hybridized carbons (Fsp3) is 0.385. The number of rotatable bonds is 6. The summed E-state index contributed by atoms with van der Waals surface area (Å²) >= 11 is 7.04. The van der Waals surface area contributed by atoms with Gasteiger partial charge in [0.2, 0.25) is 0 Å². The second-order valence-corrected chi connectivity index (χ2v) is 4.71. The molecule has 5 heteroatoms. The zero-order valence-corrected chi connectivity index (χ0v) is 11.9. The number of thioether (sulfide) groups is 1. The number of halogens is 1. The molecule has 0 bridgehead atoms. The van der Waals surface area contributed by atoms with Crippen LogP contribution in [0.2, 0.25) is 0 Å². The highest BCUT2D eigenvalue weighted by Gasteiger charge is 2.12. The molecule has 0 aliphatic carbocycles. The van der Waals surface area contributed by atoms with Gasteiger partial charge in [-0.3, -0.25) is 4.79 Å². The number of hydrogen-bond donors (Lipinski definition) is 0. The third-order valence-corrected chi connectivity index (χ3v) is 3.46. The lowest BCUT2D eigenvalue weighted by molar-refractivity contribution is -0.116. The van der Waals surface area contributed by atoms with Crippen molar-refractivity contribution in [3.63, 3.8) is 0 Å². The molecule has 0 atom stereocenters. The van der Waals surface area contributed by atoms with E-state index in [0.717, 1.165) is 10.5 Å². The second-order valence-electron chi connectivity index (χ2n) is 3.60. The predicted octanol–water partition coefficient (Wildman–Crippen LogP) is 2.94. The van der Waals surface area contributed by atoms with Crippen molar-refractivity contribution < 1.29 is 14.3 Å². The van der Waals surface area contributed by atoms with Gasteiger partial charge in [-0.05, 0) is 36.9 Å². The number of esters is 1. The number of alkyl halides is 1. The van der Waals surface area contributed by atoms with Crippen LogP contribution < -0.4 is 0 Å². The molecule has 0 amide bonds. The Morgan fingerprint density at radius 2 is 2.11 bits per heavy atom. The minimum atomic E-state index is -0.371. The molecular weight excluding hydrogens is 272 g/mol. The first kappa shape index (κ1) is 15.1. The number of carbonyl (C=O) groups is 2. The minimum Gasteiger partial charge on any atom is -0.462 e. The molecule has 98 valence electrons. The predicted molar refractivity (Wildman–Crippen MR) is 73.6 cm³/mol. The summed E-state index contributed by atoms with van der Waals surface area (Å²) in [4.78, 5) is 24.0. The smallest absolute Gasteiger partial charge is 0.338 e. The number of ether oxygens (including phenoxy) is 1. The van der Waals surface area contributed by atoms with Gasteiger partial charge in [-0.25, -0.2) is 4.79 Å². The summed E-state index contributed by atoms with van der Waals surface area (Å²) < 4.78 is 4.93. The van der Waals surface area contributed by atoms with Crippen molar-refractivity contribution in [3.8, 4) is 0 Å². The van der Waals surface area contributed by atoms with Crippen molar-refractivity contribution >= 4 is 35.1 Å². The van der Waals surface area contributed by atoms with E-state index in [1.165, 1.54) is 11.8 Å². The SMILES string of the molecule is CCOC(=O)c1ccc(SC)c(CC(=O)CCl)c1. The van der Waals surface area contributed by atoms with Gasteiger partial charge >= 0.3 is 5.97 Å². The van der Waals surface area contributed by atoms with E-state index in [1.54, 1.807) is 19.1 Å². The molecule has 0 saturated heterocycles. The number of hydrogen-bond acceptors (Lipinski definition) is 4. The quantitative estimate of drug-likeness (QED) is 0.458. The molecule has 1 aromatic rings. The monoisotopic (exact) mass is 286 g/mol. The Kier molecular flexibility index (Phi) is 6.22. The van der Waals surface area contributed by atoms with Gasteiger partial charge in [0.15, 0.2) is 5.78 Å². The van der Waals surface area contributed by atoms with Crippen LogP contribution in [-0.4, -0.2) is 30.5 Å². The van der Waals surface area contributed by atoms with Crippen molar-refractivity contribution in [2.75, 3.05) is 18.7 Å². The molecule has 0 saturated carbocycles. The molecule has 1 rings (SSSR count). The molecular formula is C13H15ClO3S. The standard InChI is InChI=1S/C13H15ClO3S/c1-3-17-13(16)9-4-5-12(18-2)10(6-9)7-11(15)8-14/h4-6H,3,7-8H2,1-2H3. The van der Waals surface area contributed by atoms with E-state index < -0.39 is 0 Å². The first-order valence-electron chi connectivity index (χ1n) is 5.54. The average molecular weight is 287 g/mol. The van der Waals surface area contributed by atoms with E-state index in [-0.39, 0.29) is 24.1 Å². The molecule has 0 aliphatic heterocycles. The number of ketones is 1. The lowest BCUT2D eigenvalue weighted by atomic mass is 10.1. The van der Waals surface area contributed by atoms with Gasteiger partial charge in [0.25, 0.3) is 0 Å². The molecule has 0 fully saturated rings. The summed E-state index contributed by atoms with van der Waals surface area (Å²) in [6, 6.07) is 5.24. The second kappa shape index (κ2) is 7.44. The Morgan fingerprint density at radius 1 is 1.39 bits per heavy atom. The Bertz CT molecular complexity index is 446. The van der Waals surface area contributed by atoms with Gasteiger partial charge in [0.05, 0.1) is 18.1 Å². The van der Waals surface area contributed by atoms with Crippen LogP contribution in [0.15, 0.2) is 23.1 Å². The van der Waals surface area contributed by atoms with Crippen LogP contribution in [0.25, 0.3) is 0 Å². The Morgan fingerprint density at radius 3 is 2.67 bits per heavy atom. The zero-order chi connectivity index (χ0) is 13.5. The van der Waals surface area contributed by atoms with Crippen LogP contribution in [-0.2, 0) is 16.0 Å². The van der Waals surface area contributed by atoms with E-state index in [2.05, 4.69) is 0 Å². The lowest BCUT2D eigenvalue weighted by Crippen LogP contribution is -2.08. The zero-order valence-electron chi connectivity index (χ0n) is 10.4. The summed E-state index contributed by atoms with van der Waals surface area (Å²) in [5, 5.41) is 0. The van der Waals surface area contributed by atoms with Gasteiger partial charge < -0.3 is 4.74 Å². The topological polar surface area (TPSA) is 43.4 Å². The fourth-order valence-corrected chi connectivity index (χ4v) is 2.21. The molecule has 0 radical (unpaired) electrons. The fourth-order valence-electron chi connectivity index (χ4n) is 1.52. The van der Waals surface area contributed by atoms with Crippen molar-refractivity contribution in [2.45, 2.75) is 18.2 Å². The van der Waals surface area contributed by atoms with E-state index >= 15 is 0 Å². The van der Waals surface area contributed by atoms with Gasteiger partial charge in [0.1, 0.15) is 0 Å². The molecule has 1 aromatic carbocycles. The number of carbonyl (C=O) groups excluding carboxylic acids is 2. The van der Waals surface area contributed by atoms with E-state index in [9.17, 15) is 9.59 Å². The normalized spacial score (nSPS) is 10.2. The molecule has 0 aromatic heterocycles. The highest BCUT2D eigenvalue weighted by Crippen LogP contribution is 2.23. The van der Waals surface area contributed by atoms with Crippen molar-refractivity contribution in [1.29, 1.82) is 0 Å². The van der Waals surface area contributed by atoms with E-state index in [4.69, 9.17) is 16.3 Å². The third kappa shape index (κ3) is 4.03. The average Bonchev–Trinajstić information content (AvgIpc) is 2.38. The Balaban J connectivity index is 3.01. The number of benzene rings is 1. The van der Waals surface area contributed by atoms with Crippen molar-refractivity contribution in [2.24, 2.45) is 0 Å². The van der Waals surface area contributed by atoms with Gasteiger partial charge in [-0.2, -0.15) is 0 Å². The summed E-state index contributed by atoms with van der Waals surface area (Å²) in [7, 11) is 0. The van der Waals surface area contributed by atoms with E-state index in [1.807, 2.05) is 12.3 Å². The summed E-state index contributed by atoms with van der Waals surface area (Å²) in [6.07, 6.45) is 2.17. The summed E-state index contributed by atoms with van der Waals surface area (Å²) in [5.74, 6) is -0.449. The molecule has 0 unspecified atom stereocenters. The van der Waals surface area contributed by atoms with Crippen LogP contribution in [0.1, 0.15) is 22.8 Å². The van der Waals surface area contributed by atoms with E-state index in [0.29, 0.717) is 12.2 Å². The molecule has 0 heterocycles. The van der Waals surface area contributed by atoms with Gasteiger partial charge in [-0.1, -0.05) is 0 Å². The molecule has 0 spiro atoms. The van der Waals surface area contributed by atoms with Gasteiger partial charge in [0, 0.05) is 11.3 Å². The third-order valence-electron chi connectivity index (χ3n) is 2.33. The Hall–Kier alpha value is -1.00. The largest absolute Gasteiger partial charge is 0.462 e. The highest BCUT2D eigenvalue weighted by atomic mass is 35.5. The molecule has 18 heavy (non-hydrogen) atoms. The van der Waals surface area contributed by atoms with Crippen LogP contribution in [0, 0.1) is 0 Å².